The van der Waals surface area contributed by atoms with Crippen LogP contribution in [0.2, 0.25) is 0 Å². The molecule has 5 nitrogen and oxygen atoms in total. The number of hydrogen-bond donors (Lipinski definition) is 0. The summed E-state index contributed by atoms with van der Waals surface area (Å²) in [4.78, 5) is 20.7. The Bertz CT molecular complexity index is 1070. The van der Waals surface area contributed by atoms with Crippen molar-refractivity contribution in [1.82, 2.24) is 14.5 Å². The number of rotatable bonds is 5. The maximum atomic E-state index is 12.6. The third-order valence-corrected chi connectivity index (χ3v) is 4.60. The molecule has 0 saturated heterocycles. The van der Waals surface area contributed by atoms with Gasteiger partial charge in [-0.15, -0.1) is 0 Å². The van der Waals surface area contributed by atoms with E-state index in [0.29, 0.717) is 23.9 Å². The summed E-state index contributed by atoms with van der Waals surface area (Å²) in [6.45, 7) is 6.71. The van der Waals surface area contributed by atoms with E-state index in [-0.39, 0.29) is 12.2 Å². The molecular formula is C25H27N3O2. The molecule has 0 unspecified atom stereocenters. The molecular weight excluding hydrogens is 374 g/mol. The Morgan fingerprint density at radius 3 is 2.53 bits per heavy atom. The zero-order chi connectivity index (χ0) is 21.3. The zero-order valence-corrected chi connectivity index (χ0v) is 17.8. The number of aromatic nitrogens is 3. The van der Waals surface area contributed by atoms with Crippen LogP contribution in [-0.4, -0.2) is 14.5 Å². The number of hydrogen-bond acceptors (Lipinski definition) is 4. The average molecular weight is 402 g/mol. The molecule has 0 bridgehead atoms. The molecule has 0 aliphatic heterocycles. The summed E-state index contributed by atoms with van der Waals surface area (Å²) in [5.41, 5.74) is 3.56. The fraction of sp³-hybridized carbons (Fsp3) is 0.320. The molecule has 1 saturated carbocycles. The standard InChI is InChI=1S/C23H21N3O2.C2H6/c1-17-12-22(28-16-21-14-24-10-11-25-21)13-23(27)26(17)15-20-8-6-19(7-9-20)5-4-18-2-3-18;1-2/h6-14,18H,2-3,15-16H2,1H3;1-2H3. The van der Waals surface area contributed by atoms with Crippen molar-refractivity contribution in [2.45, 2.75) is 46.8 Å². The fourth-order valence-electron chi connectivity index (χ4n) is 2.84. The van der Waals surface area contributed by atoms with Gasteiger partial charge in [-0.25, -0.2) is 0 Å². The van der Waals surface area contributed by atoms with Gasteiger partial charge in [0.2, 0.25) is 0 Å². The highest BCUT2D eigenvalue weighted by Gasteiger charge is 2.17. The number of benzene rings is 1. The smallest absolute Gasteiger partial charge is 0.254 e. The number of ether oxygens (including phenoxy) is 1. The van der Waals surface area contributed by atoms with Gasteiger partial charge in [0.15, 0.2) is 0 Å². The second kappa shape index (κ2) is 10.4. The summed E-state index contributed by atoms with van der Waals surface area (Å²) < 4.78 is 7.43. The van der Waals surface area contributed by atoms with E-state index in [2.05, 4.69) is 21.8 Å². The highest BCUT2D eigenvalue weighted by atomic mass is 16.5. The maximum absolute atomic E-state index is 12.6. The summed E-state index contributed by atoms with van der Waals surface area (Å²) in [5.74, 6) is 7.60. The van der Waals surface area contributed by atoms with E-state index < -0.39 is 0 Å². The molecule has 30 heavy (non-hydrogen) atoms. The van der Waals surface area contributed by atoms with Gasteiger partial charge >= 0.3 is 0 Å². The zero-order valence-electron chi connectivity index (χ0n) is 17.8. The summed E-state index contributed by atoms with van der Waals surface area (Å²) in [6, 6.07) is 11.5. The van der Waals surface area contributed by atoms with E-state index in [9.17, 15) is 4.79 Å². The molecule has 0 N–H and O–H groups in total. The Hall–Kier alpha value is -3.39. The molecule has 1 aliphatic carbocycles. The number of pyridine rings is 1. The van der Waals surface area contributed by atoms with Gasteiger partial charge in [-0.2, -0.15) is 0 Å². The molecule has 1 aromatic carbocycles. The molecule has 5 heteroatoms. The molecule has 0 amide bonds. The van der Waals surface area contributed by atoms with Crippen LogP contribution in [0.15, 0.2) is 59.8 Å². The molecule has 154 valence electrons. The van der Waals surface area contributed by atoms with Gasteiger partial charge in [-0.05, 0) is 43.5 Å². The largest absolute Gasteiger partial charge is 0.487 e. The lowest BCUT2D eigenvalue weighted by Gasteiger charge is -2.12. The molecule has 2 heterocycles. The van der Waals surface area contributed by atoms with Crippen molar-refractivity contribution in [3.8, 4) is 17.6 Å². The van der Waals surface area contributed by atoms with Crippen molar-refractivity contribution >= 4 is 0 Å². The first-order chi connectivity index (χ1) is 14.7. The van der Waals surface area contributed by atoms with Gasteiger partial charge in [0.05, 0.1) is 18.4 Å². The van der Waals surface area contributed by atoms with Gasteiger partial charge in [0, 0.05) is 35.6 Å². The van der Waals surface area contributed by atoms with Gasteiger partial charge in [0.1, 0.15) is 12.4 Å². The normalized spacial score (nSPS) is 12.2. The first-order valence-corrected chi connectivity index (χ1v) is 10.4. The number of aryl methyl sites for hydroxylation is 1. The molecule has 0 spiro atoms. The fourth-order valence-corrected chi connectivity index (χ4v) is 2.84. The highest BCUT2D eigenvalue weighted by molar-refractivity contribution is 5.37. The van der Waals surface area contributed by atoms with Crippen molar-refractivity contribution in [2.75, 3.05) is 0 Å². The second-order valence-electron chi connectivity index (χ2n) is 6.98. The van der Waals surface area contributed by atoms with Gasteiger partial charge in [0.25, 0.3) is 5.56 Å². The van der Waals surface area contributed by atoms with Gasteiger partial charge in [-0.1, -0.05) is 37.8 Å². The average Bonchev–Trinajstić information content (AvgIpc) is 3.61. The minimum absolute atomic E-state index is 0.0910. The van der Waals surface area contributed by atoms with Crippen molar-refractivity contribution in [2.24, 2.45) is 5.92 Å². The van der Waals surface area contributed by atoms with Crippen LogP contribution in [-0.2, 0) is 13.2 Å². The van der Waals surface area contributed by atoms with Gasteiger partial charge < -0.3 is 9.30 Å². The first kappa shape index (κ1) is 21.3. The van der Waals surface area contributed by atoms with Crippen molar-refractivity contribution in [3.05, 3.63) is 87.9 Å². The Balaban J connectivity index is 0.00000124. The van der Waals surface area contributed by atoms with Crippen LogP contribution < -0.4 is 10.3 Å². The molecule has 2 aromatic heterocycles. The lowest BCUT2D eigenvalue weighted by Crippen LogP contribution is -2.22. The van der Waals surface area contributed by atoms with Crippen molar-refractivity contribution in [1.29, 1.82) is 0 Å². The van der Waals surface area contributed by atoms with E-state index in [0.717, 1.165) is 16.8 Å². The van der Waals surface area contributed by atoms with E-state index in [1.807, 2.05) is 51.1 Å². The molecule has 0 atom stereocenters. The summed E-state index contributed by atoms with van der Waals surface area (Å²) >= 11 is 0. The van der Waals surface area contributed by atoms with Crippen LogP contribution >= 0.6 is 0 Å². The lowest BCUT2D eigenvalue weighted by atomic mass is 10.1. The van der Waals surface area contributed by atoms with Crippen LogP contribution in [0.25, 0.3) is 0 Å². The van der Waals surface area contributed by atoms with Crippen molar-refractivity contribution < 1.29 is 4.74 Å². The third kappa shape index (κ3) is 6.05. The van der Waals surface area contributed by atoms with E-state index in [4.69, 9.17) is 4.74 Å². The Labute approximate surface area is 177 Å². The molecule has 3 aromatic rings. The Morgan fingerprint density at radius 2 is 1.90 bits per heavy atom. The predicted octanol–water partition coefficient (Wildman–Crippen LogP) is 4.36. The summed E-state index contributed by atoms with van der Waals surface area (Å²) in [7, 11) is 0. The Kier molecular flexibility index (Phi) is 7.40. The van der Waals surface area contributed by atoms with E-state index >= 15 is 0 Å². The molecule has 1 fully saturated rings. The Morgan fingerprint density at radius 1 is 1.13 bits per heavy atom. The SMILES string of the molecule is CC.Cc1cc(OCc2cnccn2)cc(=O)n1Cc1ccc(C#CC2CC2)cc1. The van der Waals surface area contributed by atoms with E-state index in [1.165, 1.54) is 18.9 Å². The quantitative estimate of drug-likeness (QED) is 0.596. The predicted molar refractivity (Wildman–Crippen MR) is 118 cm³/mol. The van der Waals surface area contributed by atoms with E-state index in [1.54, 1.807) is 23.2 Å². The first-order valence-electron chi connectivity index (χ1n) is 10.4. The van der Waals surface area contributed by atoms with Gasteiger partial charge in [-0.3, -0.25) is 14.8 Å². The van der Waals surface area contributed by atoms with Crippen LogP contribution in [0, 0.1) is 24.7 Å². The van der Waals surface area contributed by atoms with Crippen LogP contribution in [0.3, 0.4) is 0 Å². The lowest BCUT2D eigenvalue weighted by molar-refractivity contribution is 0.299. The molecule has 4 rings (SSSR count). The second-order valence-corrected chi connectivity index (χ2v) is 6.98. The topological polar surface area (TPSA) is 57.0 Å². The minimum atomic E-state index is -0.0910. The minimum Gasteiger partial charge on any atom is -0.487 e. The van der Waals surface area contributed by atoms with Crippen LogP contribution in [0.5, 0.6) is 5.75 Å². The highest BCUT2D eigenvalue weighted by Crippen LogP contribution is 2.27. The van der Waals surface area contributed by atoms with Crippen LogP contribution in [0.1, 0.15) is 49.2 Å². The summed E-state index contributed by atoms with van der Waals surface area (Å²) in [6.07, 6.45) is 7.33. The monoisotopic (exact) mass is 401 g/mol. The van der Waals surface area contributed by atoms with Crippen molar-refractivity contribution in [3.63, 3.8) is 0 Å². The number of nitrogens with zero attached hydrogens (tertiary/aromatic N) is 3. The third-order valence-electron chi connectivity index (χ3n) is 4.60. The van der Waals surface area contributed by atoms with Crippen LogP contribution in [0.4, 0.5) is 0 Å². The summed E-state index contributed by atoms with van der Waals surface area (Å²) in [5, 5.41) is 0. The molecule has 1 aliphatic rings. The maximum Gasteiger partial charge on any atom is 0.254 e. The molecule has 0 radical (unpaired) electrons.